The van der Waals surface area contributed by atoms with Crippen LogP contribution in [0.25, 0.3) is 0 Å². The van der Waals surface area contributed by atoms with Gasteiger partial charge in [-0.2, -0.15) is 0 Å². The number of nitrogens with two attached hydrogens (primary N) is 1. The standard InChI is InChI=1S/C11H24N4O/c1-9(2)7-13-10(14-12)15-5-6-16-8-11(15,3)4/h9H,5-8,12H2,1-4H3,(H,13,14). The molecule has 16 heavy (non-hydrogen) atoms. The Hall–Kier alpha value is -0.810. The maximum Gasteiger partial charge on any atom is 0.209 e. The van der Waals surface area contributed by atoms with E-state index in [0.717, 1.165) is 25.7 Å². The van der Waals surface area contributed by atoms with Gasteiger partial charge in [0.1, 0.15) is 0 Å². The van der Waals surface area contributed by atoms with Crippen LogP contribution in [-0.2, 0) is 4.74 Å². The van der Waals surface area contributed by atoms with E-state index in [4.69, 9.17) is 10.6 Å². The van der Waals surface area contributed by atoms with Crippen molar-refractivity contribution in [3.05, 3.63) is 0 Å². The lowest BCUT2D eigenvalue weighted by Crippen LogP contribution is -2.60. The van der Waals surface area contributed by atoms with Crippen LogP contribution < -0.4 is 11.3 Å². The molecule has 0 saturated carbocycles. The molecule has 0 bridgehead atoms. The molecule has 0 aliphatic carbocycles. The first-order chi connectivity index (χ1) is 7.47. The van der Waals surface area contributed by atoms with Gasteiger partial charge in [-0.1, -0.05) is 13.8 Å². The summed E-state index contributed by atoms with van der Waals surface area (Å²) in [7, 11) is 0. The van der Waals surface area contributed by atoms with Crippen LogP contribution in [0, 0.1) is 5.92 Å². The number of hydrogen-bond donors (Lipinski definition) is 2. The Morgan fingerprint density at radius 3 is 2.75 bits per heavy atom. The number of rotatable bonds is 2. The summed E-state index contributed by atoms with van der Waals surface area (Å²) in [4.78, 5) is 6.69. The molecule has 0 spiro atoms. The topological polar surface area (TPSA) is 62.9 Å². The summed E-state index contributed by atoms with van der Waals surface area (Å²) in [5, 5.41) is 0. The molecule has 0 atom stereocenters. The van der Waals surface area contributed by atoms with Crippen LogP contribution in [0.1, 0.15) is 27.7 Å². The molecule has 0 radical (unpaired) electrons. The maximum absolute atomic E-state index is 5.55. The highest BCUT2D eigenvalue weighted by molar-refractivity contribution is 5.80. The third-order valence-corrected chi connectivity index (χ3v) is 2.64. The van der Waals surface area contributed by atoms with Crippen molar-refractivity contribution >= 4 is 5.96 Å². The van der Waals surface area contributed by atoms with Crippen molar-refractivity contribution in [2.75, 3.05) is 26.3 Å². The van der Waals surface area contributed by atoms with Gasteiger partial charge in [0.2, 0.25) is 5.96 Å². The largest absolute Gasteiger partial charge is 0.377 e. The summed E-state index contributed by atoms with van der Waals surface area (Å²) >= 11 is 0. The molecule has 1 fully saturated rings. The van der Waals surface area contributed by atoms with Gasteiger partial charge in [-0.15, -0.1) is 0 Å². The maximum atomic E-state index is 5.55. The van der Waals surface area contributed by atoms with Crippen molar-refractivity contribution in [2.45, 2.75) is 33.2 Å². The smallest absolute Gasteiger partial charge is 0.209 e. The van der Waals surface area contributed by atoms with Crippen LogP contribution in [0.2, 0.25) is 0 Å². The zero-order chi connectivity index (χ0) is 12.2. The normalized spacial score (nSPS) is 21.4. The minimum Gasteiger partial charge on any atom is -0.377 e. The van der Waals surface area contributed by atoms with Crippen LogP contribution >= 0.6 is 0 Å². The fourth-order valence-corrected chi connectivity index (χ4v) is 1.73. The van der Waals surface area contributed by atoms with Crippen molar-refractivity contribution in [3.8, 4) is 0 Å². The van der Waals surface area contributed by atoms with E-state index in [1.807, 2.05) is 0 Å². The molecule has 1 aliphatic heterocycles. The number of nitrogens with one attached hydrogen (secondary N) is 1. The average molecular weight is 228 g/mol. The second-order valence-corrected chi connectivity index (χ2v) is 5.22. The van der Waals surface area contributed by atoms with E-state index >= 15 is 0 Å². The van der Waals surface area contributed by atoms with Crippen molar-refractivity contribution in [2.24, 2.45) is 16.8 Å². The Labute approximate surface area is 98.0 Å². The van der Waals surface area contributed by atoms with E-state index < -0.39 is 0 Å². The summed E-state index contributed by atoms with van der Waals surface area (Å²) < 4.78 is 5.47. The van der Waals surface area contributed by atoms with Crippen LogP contribution in [0.4, 0.5) is 0 Å². The van der Waals surface area contributed by atoms with Crippen LogP contribution in [0.15, 0.2) is 4.99 Å². The first-order valence-electron chi connectivity index (χ1n) is 5.84. The van der Waals surface area contributed by atoms with Gasteiger partial charge in [0.05, 0.1) is 18.8 Å². The third kappa shape index (κ3) is 3.35. The molecular weight excluding hydrogens is 204 g/mol. The Bertz CT molecular complexity index is 250. The van der Waals surface area contributed by atoms with Gasteiger partial charge >= 0.3 is 0 Å². The first-order valence-corrected chi connectivity index (χ1v) is 5.84. The van der Waals surface area contributed by atoms with Gasteiger partial charge < -0.3 is 9.64 Å². The van der Waals surface area contributed by atoms with Gasteiger partial charge in [0.15, 0.2) is 0 Å². The Morgan fingerprint density at radius 2 is 2.25 bits per heavy atom. The zero-order valence-electron chi connectivity index (χ0n) is 10.8. The summed E-state index contributed by atoms with van der Waals surface area (Å²) in [6, 6.07) is 0. The molecule has 1 rings (SSSR count). The minimum absolute atomic E-state index is 0.0551. The molecule has 0 amide bonds. The Morgan fingerprint density at radius 1 is 1.56 bits per heavy atom. The van der Waals surface area contributed by atoms with E-state index in [0.29, 0.717) is 12.5 Å². The van der Waals surface area contributed by atoms with E-state index in [1.165, 1.54) is 0 Å². The number of hydrogen-bond acceptors (Lipinski definition) is 3. The Balaban J connectivity index is 2.74. The molecule has 0 aromatic heterocycles. The SMILES string of the molecule is CC(C)CN=C(NN)N1CCOCC1(C)C. The molecule has 0 unspecified atom stereocenters. The van der Waals surface area contributed by atoms with Gasteiger partial charge in [0.25, 0.3) is 0 Å². The lowest BCUT2D eigenvalue weighted by molar-refractivity contribution is -0.0168. The van der Waals surface area contributed by atoms with E-state index in [1.54, 1.807) is 0 Å². The van der Waals surface area contributed by atoms with Crippen molar-refractivity contribution in [1.29, 1.82) is 0 Å². The third-order valence-electron chi connectivity index (χ3n) is 2.64. The monoisotopic (exact) mass is 228 g/mol. The lowest BCUT2D eigenvalue weighted by Gasteiger charge is -2.43. The summed E-state index contributed by atoms with van der Waals surface area (Å²) in [6.45, 7) is 11.6. The summed E-state index contributed by atoms with van der Waals surface area (Å²) in [5.41, 5.74) is 2.65. The lowest BCUT2D eigenvalue weighted by atomic mass is 10.0. The second kappa shape index (κ2) is 5.50. The van der Waals surface area contributed by atoms with Gasteiger partial charge in [-0.3, -0.25) is 10.4 Å². The number of ether oxygens (including phenoxy) is 1. The number of guanidine groups is 1. The van der Waals surface area contributed by atoms with E-state index in [-0.39, 0.29) is 5.54 Å². The van der Waals surface area contributed by atoms with Crippen molar-refractivity contribution in [3.63, 3.8) is 0 Å². The molecule has 3 N–H and O–H groups in total. The van der Waals surface area contributed by atoms with Gasteiger partial charge in [0, 0.05) is 13.1 Å². The van der Waals surface area contributed by atoms with E-state index in [9.17, 15) is 0 Å². The van der Waals surface area contributed by atoms with Crippen LogP contribution in [0.5, 0.6) is 0 Å². The summed E-state index contributed by atoms with van der Waals surface area (Å²) in [5.74, 6) is 6.85. The fourth-order valence-electron chi connectivity index (χ4n) is 1.73. The van der Waals surface area contributed by atoms with Crippen LogP contribution in [-0.4, -0.2) is 42.7 Å². The molecule has 0 aromatic rings. The molecule has 0 aromatic carbocycles. The molecule has 1 saturated heterocycles. The highest BCUT2D eigenvalue weighted by Crippen LogP contribution is 2.18. The van der Waals surface area contributed by atoms with Gasteiger partial charge in [-0.05, 0) is 19.8 Å². The quantitative estimate of drug-likeness (QED) is 0.314. The van der Waals surface area contributed by atoms with E-state index in [2.05, 4.69) is 43.0 Å². The Kier molecular flexibility index (Phi) is 4.56. The predicted molar refractivity (Wildman–Crippen MR) is 66.1 cm³/mol. The first kappa shape index (κ1) is 13.3. The van der Waals surface area contributed by atoms with Gasteiger partial charge in [-0.25, -0.2) is 5.84 Å². The predicted octanol–water partition coefficient (Wildman–Crippen LogP) is 0.573. The average Bonchev–Trinajstić information content (AvgIpc) is 2.20. The second-order valence-electron chi connectivity index (χ2n) is 5.22. The number of nitrogens with zero attached hydrogens (tertiary/aromatic N) is 2. The number of hydrazine groups is 1. The fraction of sp³-hybridized carbons (Fsp3) is 0.909. The molecular formula is C11H24N4O. The highest BCUT2D eigenvalue weighted by Gasteiger charge is 2.32. The number of morpholine rings is 1. The molecule has 1 aliphatic rings. The molecule has 1 heterocycles. The number of aliphatic imine (C=N–C) groups is 1. The zero-order valence-corrected chi connectivity index (χ0v) is 10.8. The molecule has 94 valence electrons. The molecule has 5 heteroatoms. The van der Waals surface area contributed by atoms with Crippen LogP contribution in [0.3, 0.4) is 0 Å². The summed E-state index contributed by atoms with van der Waals surface area (Å²) in [6.07, 6.45) is 0. The minimum atomic E-state index is -0.0551. The van der Waals surface area contributed by atoms with Crippen molar-refractivity contribution < 1.29 is 4.74 Å². The highest BCUT2D eigenvalue weighted by atomic mass is 16.5. The molecule has 5 nitrogen and oxygen atoms in total. The van der Waals surface area contributed by atoms with Crippen molar-refractivity contribution in [1.82, 2.24) is 10.3 Å².